The van der Waals surface area contributed by atoms with Crippen LogP contribution >= 0.6 is 0 Å². The Hall–Kier alpha value is -2.54. The summed E-state index contributed by atoms with van der Waals surface area (Å²) in [6.45, 7) is 3.93. The molecule has 0 amide bonds. The van der Waals surface area contributed by atoms with Gasteiger partial charge in [-0.15, -0.1) is 0 Å². The molecule has 2 heterocycles. The molecule has 1 aliphatic heterocycles. The first-order chi connectivity index (χ1) is 11.1. The van der Waals surface area contributed by atoms with E-state index >= 15 is 0 Å². The van der Waals surface area contributed by atoms with Gasteiger partial charge in [0, 0.05) is 52.0 Å². The highest BCUT2D eigenvalue weighted by Crippen LogP contribution is 2.31. The molecule has 122 valence electrons. The van der Waals surface area contributed by atoms with Gasteiger partial charge in [0.2, 0.25) is 0 Å². The van der Waals surface area contributed by atoms with E-state index in [2.05, 4.69) is 31.6 Å². The smallest absolute Gasteiger partial charge is 0.135 e. The molecule has 0 saturated carbocycles. The molecule has 3 rings (SSSR count). The number of rotatable bonds is 4. The maximum absolute atomic E-state index is 5.98. The van der Waals surface area contributed by atoms with Gasteiger partial charge >= 0.3 is 0 Å². The van der Waals surface area contributed by atoms with Crippen LogP contribution < -0.4 is 26.2 Å². The van der Waals surface area contributed by atoms with Crippen LogP contribution in [0, 0.1) is 0 Å². The fraction of sp³-hybridized carbons (Fsp3) is 0.375. The summed E-state index contributed by atoms with van der Waals surface area (Å²) in [5.74, 6) is 1.61. The highest BCUT2D eigenvalue weighted by Gasteiger charge is 2.15. The number of benzene rings is 1. The maximum atomic E-state index is 5.98. The molecule has 1 aliphatic rings. The number of anilines is 5. The van der Waals surface area contributed by atoms with Gasteiger partial charge in [0.25, 0.3) is 0 Å². The van der Waals surface area contributed by atoms with Crippen LogP contribution in [-0.2, 0) is 0 Å². The van der Waals surface area contributed by atoms with E-state index in [1.807, 2.05) is 37.2 Å². The van der Waals surface area contributed by atoms with Gasteiger partial charge in [-0.05, 0) is 18.2 Å². The Kier molecular flexibility index (Phi) is 4.47. The molecule has 1 aromatic heterocycles. The molecule has 0 spiro atoms. The second kappa shape index (κ2) is 6.70. The normalized spacial score (nSPS) is 14.6. The van der Waals surface area contributed by atoms with Crippen molar-refractivity contribution in [1.82, 2.24) is 15.3 Å². The van der Waals surface area contributed by atoms with Gasteiger partial charge in [-0.3, -0.25) is 0 Å². The lowest BCUT2D eigenvalue weighted by atomic mass is 10.2. The van der Waals surface area contributed by atoms with Crippen LogP contribution in [0.25, 0.3) is 0 Å². The fourth-order valence-corrected chi connectivity index (χ4v) is 2.63. The van der Waals surface area contributed by atoms with E-state index in [4.69, 9.17) is 5.73 Å². The van der Waals surface area contributed by atoms with Gasteiger partial charge in [0.15, 0.2) is 0 Å². The van der Waals surface area contributed by atoms with Crippen molar-refractivity contribution in [3.8, 4) is 0 Å². The standard InChI is InChI=1S/C16H23N7/c1-22(2)16-10-15(19-11-20-16)21-13-9-12(17)3-4-14(13)23-7-5-18-6-8-23/h3-4,9-11,18H,5-8,17H2,1-2H3,(H,19,20,21). The van der Waals surface area contributed by atoms with Crippen molar-refractivity contribution in [1.29, 1.82) is 0 Å². The SMILES string of the molecule is CN(C)c1cc(Nc2cc(N)ccc2N2CCNCC2)ncn1. The van der Waals surface area contributed by atoms with Gasteiger partial charge in [0.05, 0.1) is 11.4 Å². The molecule has 4 N–H and O–H groups in total. The number of hydrogen-bond donors (Lipinski definition) is 3. The van der Waals surface area contributed by atoms with Crippen LogP contribution in [0.3, 0.4) is 0 Å². The zero-order valence-corrected chi connectivity index (χ0v) is 13.6. The predicted molar refractivity (Wildman–Crippen MR) is 95.6 cm³/mol. The van der Waals surface area contributed by atoms with E-state index in [1.54, 1.807) is 6.33 Å². The Morgan fingerprint density at radius 1 is 1.17 bits per heavy atom. The Balaban J connectivity index is 1.89. The monoisotopic (exact) mass is 313 g/mol. The van der Waals surface area contributed by atoms with Crippen molar-refractivity contribution in [3.63, 3.8) is 0 Å². The minimum atomic E-state index is 0.730. The van der Waals surface area contributed by atoms with E-state index in [0.717, 1.165) is 54.9 Å². The Morgan fingerprint density at radius 2 is 1.96 bits per heavy atom. The maximum Gasteiger partial charge on any atom is 0.135 e. The predicted octanol–water partition coefficient (Wildman–Crippen LogP) is 1.28. The molecule has 0 atom stereocenters. The van der Waals surface area contributed by atoms with Crippen molar-refractivity contribution in [3.05, 3.63) is 30.6 Å². The molecule has 7 heteroatoms. The van der Waals surface area contributed by atoms with Crippen molar-refractivity contribution in [2.75, 3.05) is 61.1 Å². The average Bonchev–Trinajstić information content (AvgIpc) is 2.56. The van der Waals surface area contributed by atoms with Gasteiger partial charge in [0.1, 0.15) is 18.0 Å². The summed E-state index contributed by atoms with van der Waals surface area (Å²) in [5, 5.41) is 6.76. The first-order valence-corrected chi connectivity index (χ1v) is 7.75. The van der Waals surface area contributed by atoms with E-state index in [0.29, 0.717) is 0 Å². The van der Waals surface area contributed by atoms with Crippen LogP contribution in [0.15, 0.2) is 30.6 Å². The molecule has 2 aromatic rings. The first-order valence-electron chi connectivity index (χ1n) is 7.75. The van der Waals surface area contributed by atoms with Crippen LogP contribution in [-0.4, -0.2) is 50.2 Å². The minimum absolute atomic E-state index is 0.730. The Labute approximate surface area is 136 Å². The molecule has 1 aromatic carbocycles. The van der Waals surface area contributed by atoms with Crippen molar-refractivity contribution in [2.24, 2.45) is 0 Å². The summed E-state index contributed by atoms with van der Waals surface area (Å²) in [5.41, 5.74) is 8.82. The van der Waals surface area contributed by atoms with Gasteiger partial charge in [-0.2, -0.15) is 0 Å². The lowest BCUT2D eigenvalue weighted by Crippen LogP contribution is -2.43. The third kappa shape index (κ3) is 3.62. The highest BCUT2D eigenvalue weighted by molar-refractivity contribution is 5.78. The third-order valence-electron chi connectivity index (χ3n) is 3.85. The largest absolute Gasteiger partial charge is 0.399 e. The van der Waals surface area contributed by atoms with Crippen molar-refractivity contribution in [2.45, 2.75) is 0 Å². The molecule has 0 bridgehead atoms. The number of nitrogens with zero attached hydrogens (tertiary/aromatic N) is 4. The van der Waals surface area contributed by atoms with Gasteiger partial charge in [-0.25, -0.2) is 9.97 Å². The van der Waals surface area contributed by atoms with Crippen LogP contribution in [0.1, 0.15) is 0 Å². The van der Waals surface area contributed by atoms with Crippen LogP contribution in [0.5, 0.6) is 0 Å². The number of piperazine rings is 1. The second-order valence-electron chi connectivity index (χ2n) is 5.79. The Morgan fingerprint density at radius 3 is 2.70 bits per heavy atom. The average molecular weight is 313 g/mol. The topological polar surface area (TPSA) is 82.3 Å². The molecule has 0 unspecified atom stereocenters. The molecular weight excluding hydrogens is 290 g/mol. The lowest BCUT2D eigenvalue weighted by molar-refractivity contribution is 0.589. The summed E-state index contributed by atoms with van der Waals surface area (Å²) in [7, 11) is 3.91. The zero-order chi connectivity index (χ0) is 16.2. The second-order valence-corrected chi connectivity index (χ2v) is 5.79. The third-order valence-corrected chi connectivity index (χ3v) is 3.85. The van der Waals surface area contributed by atoms with E-state index in [9.17, 15) is 0 Å². The van der Waals surface area contributed by atoms with Crippen molar-refractivity contribution >= 4 is 28.7 Å². The number of nitrogen functional groups attached to an aromatic ring is 1. The summed E-state index contributed by atoms with van der Waals surface area (Å²) >= 11 is 0. The number of nitrogens with two attached hydrogens (primary N) is 1. The number of nitrogens with one attached hydrogen (secondary N) is 2. The van der Waals surface area contributed by atoms with E-state index < -0.39 is 0 Å². The molecule has 1 fully saturated rings. The molecule has 0 aliphatic carbocycles. The summed E-state index contributed by atoms with van der Waals surface area (Å²) < 4.78 is 0. The quantitative estimate of drug-likeness (QED) is 0.733. The van der Waals surface area contributed by atoms with E-state index in [1.165, 1.54) is 0 Å². The molecule has 1 saturated heterocycles. The molecule has 0 radical (unpaired) electrons. The first kappa shape index (κ1) is 15.4. The molecular formula is C16H23N7. The zero-order valence-electron chi connectivity index (χ0n) is 13.6. The van der Waals surface area contributed by atoms with Crippen LogP contribution in [0.2, 0.25) is 0 Å². The Bertz CT molecular complexity index is 665. The van der Waals surface area contributed by atoms with Gasteiger partial charge in [-0.1, -0.05) is 0 Å². The molecule has 7 nitrogen and oxygen atoms in total. The highest BCUT2D eigenvalue weighted by atomic mass is 15.2. The molecule has 23 heavy (non-hydrogen) atoms. The summed E-state index contributed by atoms with van der Waals surface area (Å²) in [6, 6.07) is 7.88. The van der Waals surface area contributed by atoms with Crippen molar-refractivity contribution < 1.29 is 0 Å². The van der Waals surface area contributed by atoms with Crippen LogP contribution in [0.4, 0.5) is 28.7 Å². The van der Waals surface area contributed by atoms with Gasteiger partial charge < -0.3 is 26.2 Å². The van der Waals surface area contributed by atoms with E-state index in [-0.39, 0.29) is 0 Å². The fourth-order valence-electron chi connectivity index (χ4n) is 2.63. The summed E-state index contributed by atoms with van der Waals surface area (Å²) in [6.07, 6.45) is 1.56. The lowest BCUT2D eigenvalue weighted by Gasteiger charge is -2.31. The number of aromatic nitrogens is 2. The summed E-state index contributed by atoms with van der Waals surface area (Å²) in [4.78, 5) is 12.9. The number of hydrogen-bond acceptors (Lipinski definition) is 7. The minimum Gasteiger partial charge on any atom is -0.399 e.